The van der Waals surface area contributed by atoms with Crippen LogP contribution in [0, 0.1) is 13.8 Å². The molecule has 0 unspecified atom stereocenters. The van der Waals surface area contributed by atoms with E-state index in [1.165, 1.54) is 16.2 Å². The third kappa shape index (κ3) is 3.79. The summed E-state index contributed by atoms with van der Waals surface area (Å²) in [4.78, 5) is 31.1. The van der Waals surface area contributed by atoms with Crippen molar-refractivity contribution in [2.24, 2.45) is 0 Å². The molecular weight excluding hydrogens is 394 g/mol. The molecule has 28 heavy (non-hydrogen) atoms. The quantitative estimate of drug-likeness (QED) is 0.341. The van der Waals surface area contributed by atoms with E-state index >= 15 is 0 Å². The third-order valence-electron chi connectivity index (χ3n) is 4.60. The van der Waals surface area contributed by atoms with E-state index in [1.54, 1.807) is 17.5 Å². The molecule has 0 bridgehead atoms. The number of thiazole rings is 1. The maximum atomic E-state index is 12.6. The van der Waals surface area contributed by atoms with Gasteiger partial charge in [-0.1, -0.05) is 6.07 Å². The lowest BCUT2D eigenvalue weighted by atomic mass is 10.1. The van der Waals surface area contributed by atoms with Gasteiger partial charge < -0.3 is 9.30 Å². The van der Waals surface area contributed by atoms with Gasteiger partial charge in [0.15, 0.2) is 11.6 Å². The molecule has 0 atom stereocenters. The minimum absolute atomic E-state index is 0.0546. The first-order valence-corrected chi connectivity index (χ1v) is 10.6. The van der Waals surface area contributed by atoms with Crippen molar-refractivity contribution < 1.29 is 14.3 Å². The number of ketones is 1. The summed E-state index contributed by atoms with van der Waals surface area (Å²) in [7, 11) is 0. The number of esters is 1. The minimum atomic E-state index is -0.452. The van der Waals surface area contributed by atoms with Crippen molar-refractivity contribution in [1.82, 2.24) is 14.0 Å². The first kappa shape index (κ1) is 18.6. The maximum absolute atomic E-state index is 12.6. The van der Waals surface area contributed by atoms with Crippen LogP contribution in [0.15, 0.2) is 41.4 Å². The Morgan fingerprint density at radius 2 is 2.07 bits per heavy atom. The molecular formula is C20H19N3O3S2. The number of fused-ring (bicyclic) bond motifs is 1. The Kier molecular flexibility index (Phi) is 5.15. The number of carbonyl (C=O) groups excluding carboxylic acids is 2. The Bertz CT molecular complexity index is 1110. The van der Waals surface area contributed by atoms with Gasteiger partial charge in [0.25, 0.3) is 0 Å². The Labute approximate surface area is 170 Å². The number of carbonyl (C=O) groups is 2. The highest BCUT2D eigenvalue weighted by molar-refractivity contribution is 7.15. The van der Waals surface area contributed by atoms with E-state index < -0.39 is 5.97 Å². The van der Waals surface area contributed by atoms with Crippen molar-refractivity contribution >= 4 is 39.4 Å². The summed E-state index contributed by atoms with van der Waals surface area (Å²) in [5.41, 5.74) is 3.14. The summed E-state index contributed by atoms with van der Waals surface area (Å²) in [6, 6.07) is 5.96. The molecule has 0 N–H and O–H groups in total. The number of Topliss-reactive ketones (excluding diaryl/α,β-unsaturated/α-hetero) is 1. The molecule has 0 spiro atoms. The zero-order valence-electron chi connectivity index (χ0n) is 15.5. The molecule has 6 nitrogen and oxygen atoms in total. The van der Waals surface area contributed by atoms with E-state index in [0.29, 0.717) is 11.3 Å². The number of nitrogens with zero attached hydrogens (tertiary/aromatic N) is 3. The van der Waals surface area contributed by atoms with Crippen LogP contribution in [0.4, 0.5) is 0 Å². The fourth-order valence-electron chi connectivity index (χ4n) is 3.17. The summed E-state index contributed by atoms with van der Waals surface area (Å²) in [6.07, 6.45) is 3.74. The van der Waals surface area contributed by atoms with Crippen LogP contribution >= 0.6 is 22.7 Å². The number of ether oxygens (including phenoxy) is 1. The zero-order chi connectivity index (χ0) is 19.7. The van der Waals surface area contributed by atoms with Crippen LogP contribution in [0.3, 0.4) is 0 Å². The van der Waals surface area contributed by atoms with Crippen LogP contribution in [0.1, 0.15) is 32.3 Å². The van der Waals surface area contributed by atoms with Gasteiger partial charge in [-0.3, -0.25) is 14.0 Å². The van der Waals surface area contributed by atoms with E-state index in [-0.39, 0.29) is 18.8 Å². The molecule has 0 saturated heterocycles. The molecule has 4 rings (SSSR count). The van der Waals surface area contributed by atoms with E-state index in [9.17, 15) is 9.59 Å². The largest absolute Gasteiger partial charge is 0.457 e. The smallest absolute Gasteiger partial charge is 0.312 e. The molecule has 0 aliphatic carbocycles. The van der Waals surface area contributed by atoms with Gasteiger partial charge in [0.2, 0.25) is 5.78 Å². The SMILES string of the molecule is Cc1cc(C(=O)COC(=O)Cc2cn3ccsc3n2)c(C)n1Cc1cccs1. The Balaban J connectivity index is 1.38. The predicted molar refractivity (Wildman–Crippen MR) is 109 cm³/mol. The number of aromatic nitrogens is 3. The second-order valence-electron chi connectivity index (χ2n) is 6.54. The molecule has 0 radical (unpaired) electrons. The van der Waals surface area contributed by atoms with Gasteiger partial charge >= 0.3 is 5.97 Å². The van der Waals surface area contributed by atoms with Crippen LogP contribution in [-0.2, 0) is 22.5 Å². The standard InChI is InChI=1S/C20H19N3O3S2/c1-13-8-17(14(2)23(13)11-16-4-3-6-27-16)18(24)12-26-19(25)9-15-10-22-5-7-28-20(22)21-15/h3-8,10H,9,11-12H2,1-2H3. The number of thiophene rings is 1. The highest BCUT2D eigenvalue weighted by Gasteiger charge is 2.18. The molecule has 0 saturated carbocycles. The average molecular weight is 414 g/mol. The van der Waals surface area contributed by atoms with Crippen molar-refractivity contribution in [1.29, 1.82) is 0 Å². The lowest BCUT2D eigenvalue weighted by Gasteiger charge is -2.08. The fraction of sp³-hybridized carbons (Fsp3) is 0.250. The first-order valence-electron chi connectivity index (χ1n) is 8.80. The minimum Gasteiger partial charge on any atom is -0.457 e. The van der Waals surface area contributed by atoms with E-state index in [2.05, 4.69) is 15.6 Å². The van der Waals surface area contributed by atoms with Gasteiger partial charge in [0.1, 0.15) is 0 Å². The highest BCUT2D eigenvalue weighted by atomic mass is 32.1. The monoisotopic (exact) mass is 413 g/mol. The second kappa shape index (κ2) is 7.73. The van der Waals surface area contributed by atoms with Crippen LogP contribution in [-0.4, -0.2) is 32.3 Å². The van der Waals surface area contributed by atoms with Crippen molar-refractivity contribution in [3.63, 3.8) is 0 Å². The second-order valence-corrected chi connectivity index (χ2v) is 8.44. The van der Waals surface area contributed by atoms with Gasteiger partial charge in [-0.25, -0.2) is 4.98 Å². The summed E-state index contributed by atoms with van der Waals surface area (Å²) >= 11 is 3.19. The lowest BCUT2D eigenvalue weighted by molar-refractivity contribution is -0.141. The van der Waals surface area contributed by atoms with Crippen molar-refractivity contribution in [3.05, 3.63) is 68.9 Å². The van der Waals surface area contributed by atoms with Gasteiger partial charge in [-0.05, 0) is 31.4 Å². The van der Waals surface area contributed by atoms with Crippen molar-refractivity contribution in [2.45, 2.75) is 26.8 Å². The molecule has 4 aromatic heterocycles. The Morgan fingerprint density at radius 1 is 1.21 bits per heavy atom. The molecule has 4 aromatic rings. The number of rotatable bonds is 7. The van der Waals surface area contributed by atoms with Crippen molar-refractivity contribution in [2.75, 3.05) is 6.61 Å². The summed E-state index contributed by atoms with van der Waals surface area (Å²) < 4.78 is 9.18. The van der Waals surface area contributed by atoms with Crippen LogP contribution in [0.5, 0.6) is 0 Å². The molecule has 0 aliphatic rings. The third-order valence-corrected chi connectivity index (χ3v) is 6.23. The fourth-order valence-corrected chi connectivity index (χ4v) is 4.58. The Hall–Kier alpha value is -2.71. The van der Waals surface area contributed by atoms with E-state index in [4.69, 9.17) is 4.74 Å². The lowest BCUT2D eigenvalue weighted by Crippen LogP contribution is -2.16. The number of hydrogen-bond acceptors (Lipinski definition) is 6. The van der Waals surface area contributed by atoms with Crippen LogP contribution in [0.25, 0.3) is 4.96 Å². The maximum Gasteiger partial charge on any atom is 0.312 e. The Morgan fingerprint density at radius 3 is 2.82 bits per heavy atom. The van der Waals surface area contributed by atoms with Gasteiger partial charge in [-0.2, -0.15) is 0 Å². The van der Waals surface area contributed by atoms with Crippen molar-refractivity contribution in [3.8, 4) is 0 Å². The zero-order valence-corrected chi connectivity index (χ0v) is 17.2. The first-order chi connectivity index (χ1) is 13.5. The normalized spacial score (nSPS) is 11.2. The number of aryl methyl sites for hydroxylation is 1. The van der Waals surface area contributed by atoms with E-state index in [1.807, 2.05) is 47.3 Å². The molecule has 0 fully saturated rings. The summed E-state index contributed by atoms with van der Waals surface area (Å²) in [6.45, 7) is 4.38. The number of hydrogen-bond donors (Lipinski definition) is 0. The van der Waals surface area contributed by atoms with E-state index in [0.717, 1.165) is 22.9 Å². The molecule has 0 aromatic carbocycles. The van der Waals surface area contributed by atoms with Gasteiger partial charge in [0, 0.05) is 39.6 Å². The summed E-state index contributed by atoms with van der Waals surface area (Å²) in [5.74, 6) is -0.642. The molecule has 8 heteroatoms. The van der Waals surface area contributed by atoms with Gasteiger partial charge in [-0.15, -0.1) is 22.7 Å². The number of imidazole rings is 1. The molecule has 0 amide bonds. The average Bonchev–Trinajstić information content (AvgIpc) is 3.42. The van der Waals surface area contributed by atoms with Crippen LogP contribution in [0.2, 0.25) is 0 Å². The predicted octanol–water partition coefficient (Wildman–Crippen LogP) is 3.89. The topological polar surface area (TPSA) is 65.6 Å². The molecule has 144 valence electrons. The van der Waals surface area contributed by atoms with Gasteiger partial charge in [0.05, 0.1) is 18.7 Å². The molecule has 4 heterocycles. The highest BCUT2D eigenvalue weighted by Crippen LogP contribution is 2.20. The molecule has 0 aliphatic heterocycles. The summed E-state index contributed by atoms with van der Waals surface area (Å²) in [5, 5.41) is 3.97. The van der Waals surface area contributed by atoms with Crippen LogP contribution < -0.4 is 0 Å².